The van der Waals surface area contributed by atoms with E-state index in [1.54, 1.807) is 6.07 Å². The minimum Gasteiger partial charge on any atom is -0.351 e. The zero-order chi connectivity index (χ0) is 17.1. The molecule has 3 aromatic rings. The van der Waals surface area contributed by atoms with Gasteiger partial charge >= 0.3 is 0 Å². The van der Waals surface area contributed by atoms with Crippen molar-refractivity contribution < 1.29 is 9.59 Å². The van der Waals surface area contributed by atoms with Crippen molar-refractivity contribution in [2.45, 2.75) is 26.9 Å². The summed E-state index contributed by atoms with van der Waals surface area (Å²) >= 11 is 1.37. The third kappa shape index (κ3) is 3.62. The van der Waals surface area contributed by atoms with Gasteiger partial charge in [-0.3, -0.25) is 9.59 Å². The zero-order valence-electron chi connectivity index (χ0n) is 13.5. The maximum Gasteiger partial charge on any atom is 0.261 e. The highest BCUT2D eigenvalue weighted by molar-refractivity contribution is 7.14. The molecule has 0 spiro atoms. The van der Waals surface area contributed by atoms with Gasteiger partial charge < -0.3 is 15.0 Å². The van der Waals surface area contributed by atoms with Crippen molar-refractivity contribution in [3.05, 3.63) is 57.7 Å². The Morgan fingerprint density at radius 1 is 1.17 bits per heavy atom. The van der Waals surface area contributed by atoms with Crippen molar-refractivity contribution in [3.63, 3.8) is 0 Å². The number of hydrogen-bond donors (Lipinski definition) is 2. The molecule has 3 heterocycles. The molecule has 7 heteroatoms. The van der Waals surface area contributed by atoms with Crippen LogP contribution >= 0.6 is 11.3 Å². The molecule has 0 aliphatic heterocycles. The van der Waals surface area contributed by atoms with Gasteiger partial charge in [0.25, 0.3) is 5.91 Å². The lowest BCUT2D eigenvalue weighted by atomic mass is 10.4. The minimum atomic E-state index is -0.136. The van der Waals surface area contributed by atoms with Gasteiger partial charge in [0.05, 0.1) is 23.7 Å². The Morgan fingerprint density at radius 2 is 2.00 bits per heavy atom. The molecule has 0 fully saturated rings. The van der Waals surface area contributed by atoms with Crippen LogP contribution in [0.4, 0.5) is 0 Å². The van der Waals surface area contributed by atoms with Crippen LogP contribution in [0.2, 0.25) is 0 Å². The lowest BCUT2D eigenvalue weighted by Gasteiger charge is -2.00. The summed E-state index contributed by atoms with van der Waals surface area (Å²) in [5.74, 6) is -0.223. The van der Waals surface area contributed by atoms with Crippen molar-refractivity contribution in [1.82, 2.24) is 20.0 Å². The number of rotatable bonds is 5. The van der Waals surface area contributed by atoms with Gasteiger partial charge in [0.2, 0.25) is 5.91 Å². The van der Waals surface area contributed by atoms with Crippen LogP contribution in [0.1, 0.15) is 32.9 Å². The van der Waals surface area contributed by atoms with Crippen LogP contribution in [0.5, 0.6) is 0 Å². The number of aromatic nitrogens is 2. The summed E-state index contributed by atoms with van der Waals surface area (Å²) in [6, 6.07) is 9.53. The maximum absolute atomic E-state index is 12.2. The molecule has 0 unspecified atom stereocenters. The second kappa shape index (κ2) is 6.84. The van der Waals surface area contributed by atoms with Gasteiger partial charge in [0.1, 0.15) is 5.65 Å². The quantitative estimate of drug-likeness (QED) is 0.747. The zero-order valence-corrected chi connectivity index (χ0v) is 14.3. The predicted octanol–water partition coefficient (Wildman–Crippen LogP) is 2.27. The van der Waals surface area contributed by atoms with Crippen LogP contribution < -0.4 is 10.6 Å². The van der Waals surface area contributed by atoms with Crippen LogP contribution in [0.25, 0.3) is 5.65 Å². The minimum absolute atomic E-state index is 0.0865. The second-order valence-corrected chi connectivity index (χ2v) is 6.65. The fourth-order valence-corrected chi connectivity index (χ4v) is 3.21. The Balaban J connectivity index is 1.62. The summed E-state index contributed by atoms with van der Waals surface area (Å²) in [6.07, 6.45) is 1.93. The molecule has 3 aromatic heterocycles. The summed E-state index contributed by atoms with van der Waals surface area (Å²) in [5.41, 5.74) is 2.78. The first-order chi connectivity index (χ1) is 11.5. The predicted molar refractivity (Wildman–Crippen MR) is 92.9 cm³/mol. The fourth-order valence-electron chi connectivity index (χ4n) is 2.35. The highest BCUT2D eigenvalue weighted by Crippen LogP contribution is 2.16. The number of hydrogen-bond acceptors (Lipinski definition) is 4. The van der Waals surface area contributed by atoms with Gasteiger partial charge in [-0.15, -0.1) is 11.3 Å². The molecule has 0 saturated carbocycles. The van der Waals surface area contributed by atoms with Gasteiger partial charge in [-0.2, -0.15) is 0 Å². The van der Waals surface area contributed by atoms with Gasteiger partial charge in [-0.1, -0.05) is 6.07 Å². The SMILES string of the molecule is CC(=O)NCc1ccc(C(=O)NCc2cn3c(C)cccc3n2)s1. The van der Waals surface area contributed by atoms with Crippen LogP contribution in [0, 0.1) is 6.92 Å². The molecule has 0 radical (unpaired) electrons. The van der Waals surface area contributed by atoms with E-state index in [9.17, 15) is 9.59 Å². The lowest BCUT2D eigenvalue weighted by molar-refractivity contribution is -0.119. The molecule has 2 N–H and O–H groups in total. The monoisotopic (exact) mass is 342 g/mol. The number of fused-ring (bicyclic) bond motifs is 1. The first kappa shape index (κ1) is 16.2. The van der Waals surface area contributed by atoms with Gasteiger partial charge in [-0.05, 0) is 31.2 Å². The number of imidazole rings is 1. The first-order valence-electron chi connectivity index (χ1n) is 7.58. The molecular weight excluding hydrogens is 324 g/mol. The Hall–Kier alpha value is -2.67. The molecule has 2 amide bonds. The van der Waals surface area contributed by atoms with Crippen LogP contribution in [0.3, 0.4) is 0 Å². The molecule has 6 nitrogen and oxygen atoms in total. The van der Waals surface area contributed by atoms with Crippen molar-refractivity contribution in [2.75, 3.05) is 0 Å². The third-order valence-corrected chi connectivity index (χ3v) is 4.66. The number of pyridine rings is 1. The molecule has 0 saturated heterocycles. The van der Waals surface area contributed by atoms with Gasteiger partial charge in [0, 0.05) is 23.7 Å². The van der Waals surface area contributed by atoms with E-state index < -0.39 is 0 Å². The normalized spacial score (nSPS) is 10.8. The summed E-state index contributed by atoms with van der Waals surface area (Å²) in [4.78, 5) is 29.2. The smallest absolute Gasteiger partial charge is 0.261 e. The van der Waals surface area contributed by atoms with E-state index in [4.69, 9.17) is 0 Å². The standard InChI is InChI=1S/C17H18N4O2S/c1-11-4-3-5-16-20-13(10-21(11)16)8-19-17(23)15-7-6-14(24-15)9-18-12(2)22/h3-7,10H,8-9H2,1-2H3,(H,18,22)(H,19,23). The maximum atomic E-state index is 12.2. The van der Waals surface area contributed by atoms with Crippen LogP contribution in [-0.2, 0) is 17.9 Å². The van der Waals surface area contributed by atoms with E-state index in [-0.39, 0.29) is 11.8 Å². The molecule has 0 aliphatic rings. The number of carbonyl (C=O) groups excluding carboxylic acids is 2. The number of nitrogens with one attached hydrogen (secondary N) is 2. The molecule has 3 rings (SSSR count). The van der Waals surface area contributed by atoms with Crippen LogP contribution in [0.15, 0.2) is 36.5 Å². The molecular formula is C17H18N4O2S. The van der Waals surface area contributed by atoms with E-state index in [1.807, 2.05) is 41.8 Å². The molecule has 24 heavy (non-hydrogen) atoms. The topological polar surface area (TPSA) is 75.5 Å². The fraction of sp³-hybridized carbons (Fsp3) is 0.235. The Morgan fingerprint density at radius 3 is 2.75 bits per heavy atom. The molecule has 0 bridgehead atoms. The largest absolute Gasteiger partial charge is 0.351 e. The number of amides is 2. The van der Waals surface area contributed by atoms with Gasteiger partial charge in [-0.25, -0.2) is 4.98 Å². The van der Waals surface area contributed by atoms with E-state index in [0.29, 0.717) is 18.0 Å². The third-order valence-electron chi connectivity index (χ3n) is 3.57. The first-order valence-corrected chi connectivity index (χ1v) is 8.39. The van der Waals surface area contributed by atoms with Gasteiger partial charge in [0.15, 0.2) is 0 Å². The van der Waals surface area contributed by atoms with E-state index in [2.05, 4.69) is 15.6 Å². The molecule has 0 atom stereocenters. The summed E-state index contributed by atoms with van der Waals surface area (Å²) in [6.45, 7) is 4.30. The van der Waals surface area contributed by atoms with Crippen molar-refractivity contribution in [1.29, 1.82) is 0 Å². The number of carbonyl (C=O) groups is 2. The molecule has 0 aromatic carbocycles. The second-order valence-electron chi connectivity index (χ2n) is 5.49. The van der Waals surface area contributed by atoms with E-state index >= 15 is 0 Å². The number of thiophene rings is 1. The number of nitrogens with zero attached hydrogens (tertiary/aromatic N) is 2. The highest BCUT2D eigenvalue weighted by Gasteiger charge is 2.10. The van der Waals surface area contributed by atoms with Crippen molar-refractivity contribution in [2.24, 2.45) is 0 Å². The average molecular weight is 342 g/mol. The van der Waals surface area contributed by atoms with Crippen LogP contribution in [-0.4, -0.2) is 21.2 Å². The summed E-state index contributed by atoms with van der Waals surface area (Å²) in [5, 5.41) is 5.60. The van der Waals surface area contributed by atoms with E-state index in [0.717, 1.165) is 21.9 Å². The Kier molecular flexibility index (Phi) is 4.61. The van der Waals surface area contributed by atoms with E-state index in [1.165, 1.54) is 18.3 Å². The summed E-state index contributed by atoms with van der Waals surface area (Å²) in [7, 11) is 0. The Labute approximate surface area is 143 Å². The highest BCUT2D eigenvalue weighted by atomic mass is 32.1. The molecule has 124 valence electrons. The lowest BCUT2D eigenvalue weighted by Crippen LogP contribution is -2.22. The van der Waals surface area contributed by atoms with Crippen molar-refractivity contribution >= 4 is 28.8 Å². The van der Waals surface area contributed by atoms with Crippen molar-refractivity contribution in [3.8, 4) is 0 Å². The average Bonchev–Trinajstić information content (AvgIpc) is 3.18. The number of aryl methyl sites for hydroxylation is 1. The summed E-state index contributed by atoms with van der Waals surface area (Å²) < 4.78 is 2.00. The molecule has 0 aliphatic carbocycles. The Bertz CT molecular complexity index is 897.